The molecule has 0 aliphatic rings. The van der Waals surface area contributed by atoms with Crippen molar-refractivity contribution < 1.29 is 4.79 Å². The van der Waals surface area contributed by atoms with Crippen LogP contribution in [0.4, 0.5) is 0 Å². The van der Waals surface area contributed by atoms with Crippen LogP contribution in [-0.2, 0) is 11.3 Å². The largest absolute Gasteiger partial charge is 0.335 e. The Bertz CT molecular complexity index is 1250. The van der Waals surface area contributed by atoms with E-state index in [1.165, 1.54) is 0 Å². The van der Waals surface area contributed by atoms with Gasteiger partial charge in [0.15, 0.2) is 0 Å². The summed E-state index contributed by atoms with van der Waals surface area (Å²) in [5.41, 5.74) is 2.49. The minimum Gasteiger partial charge on any atom is -0.335 e. The highest BCUT2D eigenvalue weighted by molar-refractivity contribution is 6.31. The Morgan fingerprint density at radius 1 is 1.00 bits per heavy atom. The average molecular weight is 460 g/mol. The van der Waals surface area contributed by atoms with Crippen LogP contribution in [0.3, 0.4) is 0 Å². The van der Waals surface area contributed by atoms with E-state index in [0.717, 1.165) is 17.5 Å². The number of carbonyl (C=O) groups is 1. The molecular weight excluding hydrogens is 434 g/mol. The van der Waals surface area contributed by atoms with Gasteiger partial charge in [0, 0.05) is 23.9 Å². The number of amides is 1. The van der Waals surface area contributed by atoms with Crippen LogP contribution < -0.4 is 5.56 Å². The van der Waals surface area contributed by atoms with Gasteiger partial charge in [-0.1, -0.05) is 79.2 Å². The molecule has 0 fully saturated rings. The van der Waals surface area contributed by atoms with Crippen LogP contribution in [0.1, 0.15) is 42.6 Å². The smallest absolute Gasteiger partial charge is 0.258 e. The molecule has 0 bridgehead atoms. The molecule has 0 unspecified atom stereocenters. The van der Waals surface area contributed by atoms with E-state index in [9.17, 15) is 9.59 Å². The molecule has 4 aromatic rings. The van der Waals surface area contributed by atoms with E-state index in [1.807, 2.05) is 43.3 Å². The number of hydrogen-bond donors (Lipinski definition) is 1. The number of H-pyrrole nitrogens is 1. The molecule has 5 nitrogen and oxygen atoms in total. The van der Waals surface area contributed by atoms with Gasteiger partial charge in [-0.05, 0) is 35.7 Å². The lowest BCUT2D eigenvalue weighted by atomic mass is 9.88. The molecule has 1 heterocycles. The second-order valence-corrected chi connectivity index (χ2v) is 8.50. The molecular formula is C27H26ClN3O2. The topological polar surface area (TPSA) is 66.1 Å². The number of nitrogens with one attached hydrogen (secondary N) is 1. The number of aromatic amines is 1. The third-order valence-corrected chi connectivity index (χ3v) is 5.92. The zero-order valence-corrected chi connectivity index (χ0v) is 19.3. The van der Waals surface area contributed by atoms with E-state index in [1.54, 1.807) is 23.1 Å². The fraction of sp³-hybridized carbons (Fsp3) is 0.222. The Morgan fingerprint density at radius 3 is 2.24 bits per heavy atom. The molecule has 0 aliphatic carbocycles. The van der Waals surface area contributed by atoms with Gasteiger partial charge in [0.2, 0.25) is 5.91 Å². The zero-order chi connectivity index (χ0) is 23.2. The molecule has 0 aliphatic heterocycles. The SMILES string of the molecule is CCCN(Cc1nc2cc(Cl)ccc2c(=O)[nH]1)C(=O)CC(c1ccccc1)c1ccccc1. The minimum absolute atomic E-state index is 0.0170. The molecule has 0 spiro atoms. The molecule has 0 atom stereocenters. The van der Waals surface area contributed by atoms with Gasteiger partial charge in [-0.25, -0.2) is 4.98 Å². The lowest BCUT2D eigenvalue weighted by Crippen LogP contribution is -2.33. The minimum atomic E-state index is -0.234. The molecule has 1 aromatic heterocycles. The summed E-state index contributed by atoms with van der Waals surface area (Å²) in [6, 6.07) is 25.2. The number of nitrogens with zero attached hydrogens (tertiary/aromatic N) is 2. The van der Waals surface area contributed by atoms with E-state index in [-0.39, 0.29) is 23.9 Å². The molecule has 1 N–H and O–H groups in total. The summed E-state index contributed by atoms with van der Waals surface area (Å²) in [5.74, 6) is 0.414. The number of fused-ring (bicyclic) bond motifs is 1. The van der Waals surface area contributed by atoms with Crippen LogP contribution in [0.2, 0.25) is 5.02 Å². The molecule has 168 valence electrons. The molecule has 33 heavy (non-hydrogen) atoms. The number of benzene rings is 3. The summed E-state index contributed by atoms with van der Waals surface area (Å²) >= 11 is 6.09. The lowest BCUT2D eigenvalue weighted by Gasteiger charge is -2.25. The maximum Gasteiger partial charge on any atom is 0.258 e. The van der Waals surface area contributed by atoms with Gasteiger partial charge < -0.3 is 9.88 Å². The van der Waals surface area contributed by atoms with Crippen LogP contribution in [0.25, 0.3) is 10.9 Å². The first-order valence-corrected chi connectivity index (χ1v) is 11.5. The van der Waals surface area contributed by atoms with Crippen LogP contribution in [0, 0.1) is 0 Å². The third kappa shape index (κ3) is 5.49. The van der Waals surface area contributed by atoms with E-state index in [4.69, 9.17) is 11.6 Å². The number of aromatic nitrogens is 2. The predicted molar refractivity (Wildman–Crippen MR) is 132 cm³/mol. The molecule has 0 saturated carbocycles. The summed E-state index contributed by atoms with van der Waals surface area (Å²) < 4.78 is 0. The van der Waals surface area contributed by atoms with Crippen molar-refractivity contribution in [1.29, 1.82) is 0 Å². The lowest BCUT2D eigenvalue weighted by molar-refractivity contribution is -0.132. The highest BCUT2D eigenvalue weighted by Crippen LogP contribution is 2.29. The summed E-state index contributed by atoms with van der Waals surface area (Å²) in [7, 11) is 0. The van der Waals surface area contributed by atoms with Crippen molar-refractivity contribution in [3.8, 4) is 0 Å². The van der Waals surface area contributed by atoms with Crippen molar-refractivity contribution >= 4 is 28.4 Å². The number of halogens is 1. The highest BCUT2D eigenvalue weighted by atomic mass is 35.5. The highest BCUT2D eigenvalue weighted by Gasteiger charge is 2.22. The van der Waals surface area contributed by atoms with Gasteiger partial charge >= 0.3 is 0 Å². The summed E-state index contributed by atoms with van der Waals surface area (Å²) in [5, 5.41) is 0.992. The van der Waals surface area contributed by atoms with Gasteiger partial charge in [-0.3, -0.25) is 9.59 Å². The first kappa shape index (κ1) is 22.7. The maximum absolute atomic E-state index is 13.5. The quantitative estimate of drug-likeness (QED) is 0.376. The number of carbonyl (C=O) groups excluding carboxylic acids is 1. The first-order valence-electron chi connectivity index (χ1n) is 11.1. The monoisotopic (exact) mass is 459 g/mol. The van der Waals surface area contributed by atoms with Gasteiger partial charge in [0.25, 0.3) is 5.56 Å². The van der Waals surface area contributed by atoms with Crippen LogP contribution in [0.15, 0.2) is 83.7 Å². The Balaban J connectivity index is 1.61. The summed E-state index contributed by atoms with van der Waals surface area (Å²) in [4.78, 5) is 35.2. The van der Waals surface area contributed by atoms with Gasteiger partial charge in [0.05, 0.1) is 17.4 Å². The van der Waals surface area contributed by atoms with Crippen molar-refractivity contribution in [3.63, 3.8) is 0 Å². The second kappa shape index (κ2) is 10.5. The van der Waals surface area contributed by atoms with Crippen molar-refractivity contribution in [2.24, 2.45) is 0 Å². The normalized spacial score (nSPS) is 11.1. The first-order chi connectivity index (χ1) is 16.0. The Hall–Kier alpha value is -3.44. The zero-order valence-electron chi connectivity index (χ0n) is 18.5. The molecule has 4 rings (SSSR count). The fourth-order valence-corrected chi connectivity index (χ4v) is 4.25. The van der Waals surface area contributed by atoms with Crippen LogP contribution in [0.5, 0.6) is 0 Å². The fourth-order valence-electron chi connectivity index (χ4n) is 4.08. The van der Waals surface area contributed by atoms with E-state index in [2.05, 4.69) is 34.2 Å². The van der Waals surface area contributed by atoms with Crippen molar-refractivity contribution in [1.82, 2.24) is 14.9 Å². The van der Waals surface area contributed by atoms with Crippen molar-refractivity contribution in [2.75, 3.05) is 6.54 Å². The Kier molecular flexibility index (Phi) is 7.20. The maximum atomic E-state index is 13.5. The second-order valence-electron chi connectivity index (χ2n) is 8.07. The Labute approximate surface area is 198 Å². The molecule has 6 heteroatoms. The molecule has 1 amide bonds. The number of hydrogen-bond acceptors (Lipinski definition) is 3. The standard InChI is InChI=1S/C27H26ClN3O2/c1-2-15-31(18-25-29-24-16-21(28)13-14-22(24)27(33)30-25)26(32)17-23(19-9-5-3-6-10-19)20-11-7-4-8-12-20/h3-14,16,23H,2,15,17-18H2,1H3,(H,29,30,33). The van der Waals surface area contributed by atoms with Gasteiger partial charge in [-0.2, -0.15) is 0 Å². The average Bonchev–Trinajstić information content (AvgIpc) is 2.83. The van der Waals surface area contributed by atoms with E-state index in [0.29, 0.717) is 34.7 Å². The summed E-state index contributed by atoms with van der Waals surface area (Å²) in [6.07, 6.45) is 1.13. The van der Waals surface area contributed by atoms with E-state index < -0.39 is 0 Å². The van der Waals surface area contributed by atoms with Gasteiger partial charge in [0.1, 0.15) is 5.82 Å². The molecule has 0 saturated heterocycles. The van der Waals surface area contributed by atoms with Crippen LogP contribution >= 0.6 is 11.6 Å². The number of rotatable bonds is 8. The Morgan fingerprint density at radius 2 is 1.64 bits per heavy atom. The molecule has 3 aromatic carbocycles. The predicted octanol–water partition coefficient (Wildman–Crippen LogP) is 5.54. The van der Waals surface area contributed by atoms with Gasteiger partial charge in [-0.15, -0.1) is 0 Å². The van der Waals surface area contributed by atoms with Crippen LogP contribution in [-0.4, -0.2) is 27.3 Å². The van der Waals surface area contributed by atoms with E-state index >= 15 is 0 Å². The van der Waals surface area contributed by atoms with Crippen molar-refractivity contribution in [3.05, 3.63) is 111 Å². The third-order valence-electron chi connectivity index (χ3n) is 5.69. The van der Waals surface area contributed by atoms with Crippen molar-refractivity contribution in [2.45, 2.75) is 32.2 Å². The summed E-state index contributed by atoms with van der Waals surface area (Å²) in [6.45, 7) is 2.84. The molecule has 0 radical (unpaired) electrons.